The highest BCUT2D eigenvalue weighted by Gasteiger charge is 2.14. The molecule has 0 aliphatic rings. The summed E-state index contributed by atoms with van der Waals surface area (Å²) in [4.78, 5) is 12.3. The maximum Gasteiger partial charge on any atom is 0.240 e. The van der Waals surface area contributed by atoms with Crippen LogP contribution in [0.5, 0.6) is 5.75 Å². The highest BCUT2D eigenvalue weighted by Crippen LogP contribution is 2.14. The third kappa shape index (κ3) is 5.60. The van der Waals surface area contributed by atoms with Gasteiger partial charge in [-0.3, -0.25) is 4.79 Å². The number of phenolic OH excluding ortho intramolecular Hbond substituents is 1. The summed E-state index contributed by atoms with van der Waals surface area (Å²) in [7, 11) is -3.77. The SMILES string of the molecule is O=C(/C=C/c1ccc(O)cc1)c1ccc(S(=O)(=O)NCc2ccc(F)cc2)cc1. The van der Waals surface area contributed by atoms with Crippen molar-refractivity contribution in [2.45, 2.75) is 11.4 Å². The molecule has 0 saturated heterocycles. The Morgan fingerprint density at radius 2 is 1.55 bits per heavy atom. The number of rotatable bonds is 7. The Morgan fingerprint density at radius 1 is 0.931 bits per heavy atom. The van der Waals surface area contributed by atoms with Gasteiger partial charge in [0, 0.05) is 12.1 Å². The van der Waals surface area contributed by atoms with E-state index in [0.717, 1.165) is 5.56 Å². The number of sulfonamides is 1. The normalized spacial score (nSPS) is 11.6. The molecule has 0 atom stereocenters. The summed E-state index contributed by atoms with van der Waals surface area (Å²) in [6, 6.07) is 17.5. The van der Waals surface area contributed by atoms with Crippen LogP contribution in [0, 0.1) is 5.82 Å². The third-order valence-corrected chi connectivity index (χ3v) is 5.57. The Bertz CT molecular complexity index is 1120. The monoisotopic (exact) mass is 411 g/mol. The van der Waals surface area contributed by atoms with Crippen LogP contribution in [0.15, 0.2) is 83.8 Å². The van der Waals surface area contributed by atoms with Crippen molar-refractivity contribution in [2.24, 2.45) is 0 Å². The standard InChI is InChI=1S/C22H18FNO4S/c23-19-8-1-17(2-9-19)15-24-29(27,28)21-12-6-18(7-13-21)22(26)14-5-16-3-10-20(25)11-4-16/h1-14,24-25H,15H2/b14-5+. The van der Waals surface area contributed by atoms with Crippen LogP contribution >= 0.6 is 0 Å². The molecule has 3 aromatic rings. The molecular weight excluding hydrogens is 393 g/mol. The summed E-state index contributed by atoms with van der Waals surface area (Å²) in [5.74, 6) is -0.532. The molecule has 3 aromatic carbocycles. The predicted molar refractivity (Wildman–Crippen MR) is 108 cm³/mol. The van der Waals surface area contributed by atoms with Gasteiger partial charge in [-0.25, -0.2) is 17.5 Å². The first-order valence-corrected chi connectivity index (χ1v) is 10.2. The molecule has 0 heterocycles. The molecule has 0 fully saturated rings. The molecule has 148 valence electrons. The van der Waals surface area contributed by atoms with E-state index in [-0.39, 0.29) is 23.0 Å². The van der Waals surface area contributed by atoms with Gasteiger partial charge >= 0.3 is 0 Å². The fraction of sp³-hybridized carbons (Fsp3) is 0.0455. The summed E-state index contributed by atoms with van der Waals surface area (Å²) < 4.78 is 40.1. The Kier molecular flexibility index (Phi) is 6.21. The summed E-state index contributed by atoms with van der Waals surface area (Å²) in [6.07, 6.45) is 2.99. The first-order valence-electron chi connectivity index (χ1n) is 8.69. The van der Waals surface area contributed by atoms with Crippen LogP contribution in [0.25, 0.3) is 6.08 Å². The fourth-order valence-corrected chi connectivity index (χ4v) is 3.53. The van der Waals surface area contributed by atoms with Crippen molar-refractivity contribution in [2.75, 3.05) is 0 Å². The molecule has 0 aliphatic heterocycles. The molecule has 0 aromatic heterocycles. The van der Waals surface area contributed by atoms with Gasteiger partial charge in [-0.1, -0.05) is 30.3 Å². The van der Waals surface area contributed by atoms with Gasteiger partial charge in [-0.2, -0.15) is 0 Å². The van der Waals surface area contributed by atoms with E-state index >= 15 is 0 Å². The van der Waals surface area contributed by atoms with Gasteiger partial charge in [0.25, 0.3) is 0 Å². The summed E-state index contributed by atoms with van der Waals surface area (Å²) in [5, 5.41) is 9.26. The largest absolute Gasteiger partial charge is 0.508 e. The first kappa shape index (κ1) is 20.4. The third-order valence-electron chi connectivity index (χ3n) is 4.15. The molecule has 5 nitrogen and oxygen atoms in total. The van der Waals surface area contributed by atoms with Crippen molar-refractivity contribution in [3.8, 4) is 5.75 Å². The zero-order chi connectivity index (χ0) is 20.9. The van der Waals surface area contributed by atoms with Crippen molar-refractivity contribution in [3.63, 3.8) is 0 Å². The van der Waals surface area contributed by atoms with E-state index in [1.54, 1.807) is 18.2 Å². The molecule has 0 saturated carbocycles. The van der Waals surface area contributed by atoms with Crippen molar-refractivity contribution >= 4 is 21.9 Å². The second kappa shape index (κ2) is 8.81. The van der Waals surface area contributed by atoms with Crippen molar-refractivity contribution < 1.29 is 22.7 Å². The minimum absolute atomic E-state index is 0.0265. The fourth-order valence-electron chi connectivity index (χ4n) is 2.52. The lowest BCUT2D eigenvalue weighted by Gasteiger charge is -2.07. The number of ketones is 1. The van der Waals surface area contributed by atoms with E-state index in [2.05, 4.69) is 4.72 Å². The molecule has 0 unspecified atom stereocenters. The molecule has 0 aliphatic carbocycles. The van der Waals surface area contributed by atoms with Crippen LogP contribution in [0.1, 0.15) is 21.5 Å². The first-order chi connectivity index (χ1) is 13.8. The molecular formula is C22H18FNO4S. The molecule has 0 radical (unpaired) electrons. The maximum atomic E-state index is 12.9. The van der Waals surface area contributed by atoms with E-state index < -0.39 is 15.8 Å². The van der Waals surface area contributed by atoms with Crippen LogP contribution in [-0.2, 0) is 16.6 Å². The summed E-state index contributed by atoms with van der Waals surface area (Å²) in [6.45, 7) is 0.0265. The second-order valence-electron chi connectivity index (χ2n) is 6.26. The molecule has 7 heteroatoms. The van der Waals surface area contributed by atoms with Crippen molar-refractivity contribution in [3.05, 3.63) is 101 Å². The number of phenols is 1. The zero-order valence-corrected chi connectivity index (χ0v) is 16.1. The number of benzene rings is 3. The van der Waals surface area contributed by atoms with Crippen molar-refractivity contribution in [1.29, 1.82) is 0 Å². The molecule has 0 spiro atoms. The number of aromatic hydroxyl groups is 1. The van der Waals surface area contributed by atoms with Gasteiger partial charge in [0.15, 0.2) is 5.78 Å². The van der Waals surface area contributed by atoms with Gasteiger partial charge in [-0.15, -0.1) is 0 Å². The van der Waals surface area contributed by atoms with Crippen LogP contribution in [0.3, 0.4) is 0 Å². The van der Waals surface area contributed by atoms with E-state index in [9.17, 15) is 22.7 Å². The van der Waals surface area contributed by atoms with Gasteiger partial charge < -0.3 is 5.11 Å². The Hall–Kier alpha value is -3.29. The highest BCUT2D eigenvalue weighted by molar-refractivity contribution is 7.89. The smallest absolute Gasteiger partial charge is 0.240 e. The number of carbonyl (C=O) groups is 1. The molecule has 3 rings (SSSR count). The predicted octanol–water partition coefficient (Wildman–Crippen LogP) is 3.91. The summed E-state index contributed by atoms with van der Waals surface area (Å²) >= 11 is 0. The minimum atomic E-state index is -3.77. The molecule has 2 N–H and O–H groups in total. The molecule has 0 bridgehead atoms. The van der Waals surface area contributed by atoms with Gasteiger partial charge in [0.1, 0.15) is 11.6 Å². The van der Waals surface area contributed by atoms with Crippen molar-refractivity contribution in [1.82, 2.24) is 4.72 Å². The lowest BCUT2D eigenvalue weighted by atomic mass is 10.1. The highest BCUT2D eigenvalue weighted by atomic mass is 32.2. The van der Waals surface area contributed by atoms with Crippen LogP contribution in [0.4, 0.5) is 4.39 Å². The van der Waals surface area contributed by atoms with E-state index in [4.69, 9.17) is 0 Å². The van der Waals surface area contributed by atoms with E-state index in [1.165, 1.54) is 66.7 Å². The number of carbonyl (C=O) groups excluding carboxylic acids is 1. The number of hydrogen-bond donors (Lipinski definition) is 2. The number of hydrogen-bond acceptors (Lipinski definition) is 4. The molecule has 29 heavy (non-hydrogen) atoms. The van der Waals surface area contributed by atoms with Crippen LogP contribution in [0.2, 0.25) is 0 Å². The Morgan fingerprint density at radius 3 is 2.17 bits per heavy atom. The second-order valence-corrected chi connectivity index (χ2v) is 8.03. The zero-order valence-electron chi connectivity index (χ0n) is 15.2. The average Bonchev–Trinajstić information content (AvgIpc) is 2.73. The van der Waals surface area contributed by atoms with Crippen LogP contribution in [-0.4, -0.2) is 19.3 Å². The number of allylic oxidation sites excluding steroid dienone is 1. The number of halogens is 1. The average molecular weight is 411 g/mol. The van der Waals surface area contributed by atoms with E-state index in [1.807, 2.05) is 0 Å². The lowest BCUT2D eigenvalue weighted by Crippen LogP contribution is -2.23. The molecule has 0 amide bonds. The minimum Gasteiger partial charge on any atom is -0.508 e. The van der Waals surface area contributed by atoms with Gasteiger partial charge in [-0.05, 0) is 65.7 Å². The van der Waals surface area contributed by atoms with Crippen LogP contribution < -0.4 is 4.72 Å². The van der Waals surface area contributed by atoms with Gasteiger partial charge in [0.2, 0.25) is 10.0 Å². The van der Waals surface area contributed by atoms with E-state index in [0.29, 0.717) is 11.1 Å². The summed E-state index contributed by atoms with van der Waals surface area (Å²) in [5.41, 5.74) is 1.72. The maximum absolute atomic E-state index is 12.9. The number of nitrogens with one attached hydrogen (secondary N) is 1. The quantitative estimate of drug-likeness (QED) is 0.456. The Labute approximate surface area is 168 Å². The topological polar surface area (TPSA) is 83.5 Å². The van der Waals surface area contributed by atoms with Gasteiger partial charge in [0.05, 0.1) is 4.90 Å². The Balaban J connectivity index is 1.65. The lowest BCUT2D eigenvalue weighted by molar-refractivity contribution is 0.104.